The van der Waals surface area contributed by atoms with E-state index in [1.54, 1.807) is 17.1 Å². The van der Waals surface area contributed by atoms with Crippen molar-refractivity contribution in [3.63, 3.8) is 0 Å². The molecule has 0 aliphatic rings. The fourth-order valence-electron chi connectivity index (χ4n) is 1.13. The van der Waals surface area contributed by atoms with Crippen LogP contribution >= 0.6 is 0 Å². The van der Waals surface area contributed by atoms with Crippen LogP contribution in [0, 0.1) is 13.8 Å². The summed E-state index contributed by atoms with van der Waals surface area (Å²) in [6.07, 6.45) is 3.50. The Kier molecular flexibility index (Phi) is 1.81. The fraction of sp³-hybridized carbons (Fsp3) is 0.222. The molecule has 0 saturated heterocycles. The van der Waals surface area contributed by atoms with Gasteiger partial charge in [0, 0.05) is 6.20 Å². The molecule has 4 nitrogen and oxygen atoms in total. The van der Waals surface area contributed by atoms with Crippen molar-refractivity contribution in [1.82, 2.24) is 20.0 Å². The van der Waals surface area contributed by atoms with Crippen LogP contribution in [0.4, 0.5) is 0 Å². The van der Waals surface area contributed by atoms with Crippen molar-refractivity contribution in [2.45, 2.75) is 13.8 Å². The van der Waals surface area contributed by atoms with Crippen molar-refractivity contribution in [3.8, 4) is 5.69 Å². The van der Waals surface area contributed by atoms with Crippen LogP contribution in [0.2, 0.25) is 0 Å². The third kappa shape index (κ3) is 1.30. The molecule has 0 atom stereocenters. The zero-order chi connectivity index (χ0) is 9.26. The Morgan fingerprint density at radius 2 is 2.15 bits per heavy atom. The first kappa shape index (κ1) is 7.91. The number of hydrogen-bond acceptors (Lipinski definition) is 3. The van der Waals surface area contributed by atoms with Gasteiger partial charge in [0.1, 0.15) is 0 Å². The predicted molar refractivity (Wildman–Crippen MR) is 48.6 cm³/mol. The van der Waals surface area contributed by atoms with E-state index in [2.05, 4.69) is 15.3 Å². The normalized spacial score (nSPS) is 10.3. The van der Waals surface area contributed by atoms with Gasteiger partial charge in [-0.1, -0.05) is 5.21 Å². The van der Waals surface area contributed by atoms with E-state index >= 15 is 0 Å². The molecule has 0 aromatic carbocycles. The summed E-state index contributed by atoms with van der Waals surface area (Å²) in [6.45, 7) is 3.93. The van der Waals surface area contributed by atoms with E-state index in [-0.39, 0.29) is 0 Å². The van der Waals surface area contributed by atoms with Crippen LogP contribution in [0.3, 0.4) is 0 Å². The SMILES string of the molecule is Cc1nnn(-c2cccnc2)c1C. The molecule has 0 aliphatic carbocycles. The first-order valence-corrected chi connectivity index (χ1v) is 4.08. The number of hydrogen-bond donors (Lipinski definition) is 0. The van der Waals surface area contributed by atoms with Crippen molar-refractivity contribution in [2.75, 3.05) is 0 Å². The minimum atomic E-state index is 0.945. The summed E-state index contributed by atoms with van der Waals surface area (Å²) in [7, 11) is 0. The van der Waals surface area contributed by atoms with Crippen LogP contribution in [0.25, 0.3) is 5.69 Å². The first-order chi connectivity index (χ1) is 6.29. The Hall–Kier alpha value is -1.71. The third-order valence-corrected chi connectivity index (χ3v) is 2.02. The van der Waals surface area contributed by atoms with Crippen LogP contribution in [-0.2, 0) is 0 Å². The lowest BCUT2D eigenvalue weighted by Gasteiger charge is -2.00. The molecule has 0 aliphatic heterocycles. The highest BCUT2D eigenvalue weighted by atomic mass is 15.4. The second kappa shape index (κ2) is 2.97. The van der Waals surface area contributed by atoms with Gasteiger partial charge in [0.05, 0.1) is 23.3 Å². The molecule has 2 aromatic rings. The van der Waals surface area contributed by atoms with E-state index in [9.17, 15) is 0 Å². The number of aryl methyl sites for hydroxylation is 1. The summed E-state index contributed by atoms with van der Waals surface area (Å²) in [4.78, 5) is 4.02. The van der Waals surface area contributed by atoms with Gasteiger partial charge in [0.15, 0.2) is 0 Å². The molecular weight excluding hydrogens is 164 g/mol. The lowest BCUT2D eigenvalue weighted by atomic mass is 10.3. The molecule has 2 rings (SSSR count). The van der Waals surface area contributed by atoms with E-state index in [1.165, 1.54) is 0 Å². The van der Waals surface area contributed by atoms with Crippen molar-refractivity contribution in [1.29, 1.82) is 0 Å². The molecule has 4 heteroatoms. The highest BCUT2D eigenvalue weighted by molar-refractivity contribution is 5.29. The number of pyridine rings is 1. The number of nitrogens with zero attached hydrogens (tertiary/aromatic N) is 4. The Balaban J connectivity index is 2.53. The van der Waals surface area contributed by atoms with E-state index in [0.29, 0.717) is 0 Å². The zero-order valence-corrected chi connectivity index (χ0v) is 7.60. The molecule has 66 valence electrons. The molecule has 0 amide bonds. The second-order valence-corrected chi connectivity index (χ2v) is 2.88. The maximum Gasteiger partial charge on any atom is 0.0849 e. The summed E-state index contributed by atoms with van der Waals surface area (Å²) in [5, 5.41) is 7.99. The fourth-order valence-corrected chi connectivity index (χ4v) is 1.13. The molecule has 0 fully saturated rings. The van der Waals surface area contributed by atoms with Gasteiger partial charge in [-0.3, -0.25) is 4.98 Å². The van der Waals surface area contributed by atoms with Gasteiger partial charge >= 0.3 is 0 Å². The number of aromatic nitrogens is 4. The molecule has 0 N–H and O–H groups in total. The molecule has 13 heavy (non-hydrogen) atoms. The predicted octanol–water partition coefficient (Wildman–Crippen LogP) is 1.28. The minimum Gasteiger partial charge on any atom is -0.262 e. The Morgan fingerprint density at radius 3 is 2.69 bits per heavy atom. The standard InChI is InChI=1S/C9H10N4/c1-7-8(2)13(12-11-7)9-4-3-5-10-6-9/h3-6H,1-2H3. The van der Waals surface area contributed by atoms with E-state index in [0.717, 1.165) is 17.1 Å². The van der Waals surface area contributed by atoms with Gasteiger partial charge in [0.2, 0.25) is 0 Å². The first-order valence-electron chi connectivity index (χ1n) is 4.08. The molecule has 2 heterocycles. The monoisotopic (exact) mass is 174 g/mol. The maximum absolute atomic E-state index is 4.02. The van der Waals surface area contributed by atoms with Gasteiger partial charge < -0.3 is 0 Å². The summed E-state index contributed by atoms with van der Waals surface area (Å²) in [5.41, 5.74) is 2.94. The molecule has 2 aromatic heterocycles. The zero-order valence-electron chi connectivity index (χ0n) is 7.60. The average Bonchev–Trinajstić information content (AvgIpc) is 2.49. The van der Waals surface area contributed by atoms with Gasteiger partial charge in [-0.2, -0.15) is 0 Å². The maximum atomic E-state index is 4.02. The highest BCUT2D eigenvalue weighted by Crippen LogP contribution is 2.08. The van der Waals surface area contributed by atoms with Gasteiger partial charge in [0.25, 0.3) is 0 Å². The summed E-state index contributed by atoms with van der Waals surface area (Å²) < 4.78 is 1.78. The topological polar surface area (TPSA) is 43.6 Å². The summed E-state index contributed by atoms with van der Waals surface area (Å²) >= 11 is 0. The second-order valence-electron chi connectivity index (χ2n) is 2.88. The molecule has 0 saturated carbocycles. The van der Waals surface area contributed by atoms with Crippen molar-refractivity contribution in [2.24, 2.45) is 0 Å². The Bertz CT molecular complexity index is 405. The summed E-state index contributed by atoms with van der Waals surface area (Å²) in [6, 6.07) is 3.83. The molecule has 0 radical (unpaired) electrons. The van der Waals surface area contributed by atoms with Crippen LogP contribution in [-0.4, -0.2) is 20.0 Å². The lowest BCUT2D eigenvalue weighted by molar-refractivity contribution is 0.781. The average molecular weight is 174 g/mol. The van der Waals surface area contributed by atoms with Crippen LogP contribution in [0.1, 0.15) is 11.4 Å². The van der Waals surface area contributed by atoms with Crippen LogP contribution in [0.5, 0.6) is 0 Å². The van der Waals surface area contributed by atoms with E-state index in [4.69, 9.17) is 0 Å². The lowest BCUT2D eigenvalue weighted by Crippen LogP contribution is -1.99. The van der Waals surface area contributed by atoms with Crippen molar-refractivity contribution >= 4 is 0 Å². The summed E-state index contributed by atoms with van der Waals surface area (Å²) in [5.74, 6) is 0. The van der Waals surface area contributed by atoms with Crippen molar-refractivity contribution < 1.29 is 0 Å². The van der Waals surface area contributed by atoms with Gasteiger partial charge in [-0.05, 0) is 26.0 Å². The largest absolute Gasteiger partial charge is 0.262 e. The van der Waals surface area contributed by atoms with Gasteiger partial charge in [-0.15, -0.1) is 5.10 Å². The van der Waals surface area contributed by atoms with E-state index in [1.807, 2.05) is 26.0 Å². The molecule has 0 bridgehead atoms. The van der Waals surface area contributed by atoms with E-state index < -0.39 is 0 Å². The Morgan fingerprint density at radius 1 is 1.31 bits per heavy atom. The quantitative estimate of drug-likeness (QED) is 0.654. The molecule has 0 spiro atoms. The van der Waals surface area contributed by atoms with Crippen molar-refractivity contribution in [3.05, 3.63) is 35.9 Å². The van der Waals surface area contributed by atoms with Gasteiger partial charge in [-0.25, -0.2) is 4.68 Å². The highest BCUT2D eigenvalue weighted by Gasteiger charge is 2.04. The minimum absolute atomic E-state index is 0.945. The molecular formula is C9H10N4. The third-order valence-electron chi connectivity index (χ3n) is 2.02. The Labute approximate surface area is 76.2 Å². The van der Waals surface area contributed by atoms with Crippen LogP contribution < -0.4 is 0 Å². The number of rotatable bonds is 1. The van der Waals surface area contributed by atoms with Crippen LogP contribution in [0.15, 0.2) is 24.5 Å². The smallest absolute Gasteiger partial charge is 0.0849 e. The molecule has 0 unspecified atom stereocenters.